The summed E-state index contributed by atoms with van der Waals surface area (Å²) in [5, 5.41) is 9.48. The summed E-state index contributed by atoms with van der Waals surface area (Å²) in [7, 11) is 0. The molecule has 0 aromatic heterocycles. The highest BCUT2D eigenvalue weighted by Crippen LogP contribution is 2.29. The molecule has 1 fully saturated rings. The molecule has 2 nitrogen and oxygen atoms in total. The van der Waals surface area contributed by atoms with E-state index in [4.69, 9.17) is 11.7 Å². The van der Waals surface area contributed by atoms with Gasteiger partial charge in [-0.15, -0.1) is 0 Å². The van der Waals surface area contributed by atoms with Crippen molar-refractivity contribution < 1.29 is 9.84 Å². The van der Waals surface area contributed by atoms with Crippen LogP contribution in [0.1, 0.15) is 20.8 Å². The highest BCUT2D eigenvalue weighted by atomic mass is 16.5. The number of hydrogen-bond acceptors (Lipinski definition) is 2. The van der Waals surface area contributed by atoms with Crippen LogP contribution in [0, 0.1) is 18.8 Å². The maximum Gasteiger partial charge on any atom is 0.0875 e. The Labute approximate surface area is 68.6 Å². The van der Waals surface area contributed by atoms with Crippen molar-refractivity contribution >= 4 is 0 Å². The van der Waals surface area contributed by atoms with Crippen LogP contribution in [0.25, 0.3) is 0 Å². The van der Waals surface area contributed by atoms with Gasteiger partial charge in [0.2, 0.25) is 0 Å². The average Bonchev–Trinajstić information content (AvgIpc) is 1.97. The minimum absolute atomic E-state index is 0.156. The molecular formula is C9H16O2. The standard InChI is InChI=1S/C9H16O2/c1-5-6(2)9(10)8(4)11-7(5)3/h4-10H,1-3H3/t5-,6+,7?,8+,9?/m1/s1. The zero-order valence-corrected chi connectivity index (χ0v) is 7.32. The molecule has 11 heavy (non-hydrogen) atoms. The van der Waals surface area contributed by atoms with E-state index < -0.39 is 12.2 Å². The molecule has 64 valence electrons. The molecule has 0 bridgehead atoms. The van der Waals surface area contributed by atoms with E-state index in [1.807, 2.05) is 13.8 Å². The van der Waals surface area contributed by atoms with Gasteiger partial charge in [0, 0.05) is 0 Å². The fourth-order valence-electron chi connectivity index (χ4n) is 1.49. The van der Waals surface area contributed by atoms with Crippen LogP contribution in [0.4, 0.5) is 0 Å². The number of hydrogen-bond donors (Lipinski definition) is 1. The zero-order valence-electron chi connectivity index (χ0n) is 7.32. The van der Waals surface area contributed by atoms with Crippen LogP contribution in [-0.2, 0) is 4.74 Å². The van der Waals surface area contributed by atoms with Crippen molar-refractivity contribution in [2.75, 3.05) is 0 Å². The van der Waals surface area contributed by atoms with Crippen LogP contribution in [0.2, 0.25) is 0 Å². The number of ether oxygens (including phenoxy) is 1. The van der Waals surface area contributed by atoms with E-state index >= 15 is 0 Å². The van der Waals surface area contributed by atoms with E-state index in [0.717, 1.165) is 0 Å². The van der Waals surface area contributed by atoms with E-state index in [0.29, 0.717) is 5.92 Å². The molecule has 2 heteroatoms. The van der Waals surface area contributed by atoms with Gasteiger partial charge in [-0.3, -0.25) is 0 Å². The molecule has 0 amide bonds. The molecule has 5 atom stereocenters. The topological polar surface area (TPSA) is 29.5 Å². The van der Waals surface area contributed by atoms with Crippen LogP contribution in [0.5, 0.6) is 0 Å². The van der Waals surface area contributed by atoms with Gasteiger partial charge >= 0.3 is 0 Å². The van der Waals surface area contributed by atoms with Crippen molar-refractivity contribution in [2.45, 2.75) is 39.1 Å². The SMILES string of the molecule is [CH][C@@H]1OC(C)[C@H](C)[C@H](C)C1O. The highest BCUT2D eigenvalue weighted by molar-refractivity contribution is 4.87. The smallest absolute Gasteiger partial charge is 0.0875 e. The third-order valence-corrected chi connectivity index (χ3v) is 2.82. The lowest BCUT2D eigenvalue weighted by Gasteiger charge is -2.39. The molecule has 1 aliphatic rings. The quantitative estimate of drug-likeness (QED) is 0.569. The lowest BCUT2D eigenvalue weighted by molar-refractivity contribution is -0.144. The molecule has 0 saturated carbocycles. The minimum atomic E-state index is -0.513. The Kier molecular flexibility index (Phi) is 2.55. The second-order valence-corrected chi connectivity index (χ2v) is 3.51. The monoisotopic (exact) mass is 156 g/mol. The lowest BCUT2D eigenvalue weighted by Crippen LogP contribution is -2.46. The summed E-state index contributed by atoms with van der Waals surface area (Å²) in [5.41, 5.74) is 0. The van der Waals surface area contributed by atoms with E-state index in [-0.39, 0.29) is 12.0 Å². The highest BCUT2D eigenvalue weighted by Gasteiger charge is 2.35. The van der Waals surface area contributed by atoms with Gasteiger partial charge in [0.05, 0.1) is 18.3 Å². The minimum Gasteiger partial charge on any atom is -0.390 e. The first kappa shape index (κ1) is 9.01. The molecule has 0 aromatic rings. The van der Waals surface area contributed by atoms with Gasteiger partial charge in [0.1, 0.15) is 0 Å². The molecule has 2 radical (unpaired) electrons. The van der Waals surface area contributed by atoms with Gasteiger partial charge < -0.3 is 9.84 Å². The number of aliphatic hydroxyl groups is 1. The van der Waals surface area contributed by atoms with Gasteiger partial charge in [-0.2, -0.15) is 0 Å². The Balaban J connectivity index is 2.63. The first-order valence-corrected chi connectivity index (χ1v) is 4.13. The van der Waals surface area contributed by atoms with Crippen molar-refractivity contribution in [3.63, 3.8) is 0 Å². The van der Waals surface area contributed by atoms with Crippen LogP contribution in [0.3, 0.4) is 0 Å². The summed E-state index contributed by atoms with van der Waals surface area (Å²) in [5.74, 6) is 0.610. The summed E-state index contributed by atoms with van der Waals surface area (Å²) in [6.07, 6.45) is -0.860. The normalized spacial score (nSPS) is 52.6. The van der Waals surface area contributed by atoms with E-state index in [1.54, 1.807) is 0 Å². The van der Waals surface area contributed by atoms with Gasteiger partial charge in [-0.1, -0.05) is 13.8 Å². The molecular weight excluding hydrogens is 140 g/mol. The summed E-state index contributed by atoms with van der Waals surface area (Å²) in [6, 6.07) is 0. The average molecular weight is 156 g/mol. The Morgan fingerprint density at radius 2 is 1.73 bits per heavy atom. The molecule has 0 aromatic carbocycles. The summed E-state index contributed by atoms with van der Waals surface area (Å²) >= 11 is 0. The van der Waals surface area contributed by atoms with Gasteiger partial charge in [-0.25, -0.2) is 0 Å². The molecule has 1 rings (SSSR count). The predicted molar refractivity (Wildman–Crippen MR) is 43.0 cm³/mol. The van der Waals surface area contributed by atoms with Crippen LogP contribution in [0.15, 0.2) is 0 Å². The molecule has 1 aliphatic heterocycles. The number of rotatable bonds is 0. The Bertz CT molecular complexity index is 122. The van der Waals surface area contributed by atoms with E-state index in [9.17, 15) is 5.11 Å². The zero-order chi connectivity index (χ0) is 8.59. The van der Waals surface area contributed by atoms with Gasteiger partial charge in [-0.05, 0) is 25.7 Å². The molecule has 2 unspecified atom stereocenters. The van der Waals surface area contributed by atoms with Gasteiger partial charge in [0.25, 0.3) is 0 Å². The second kappa shape index (κ2) is 3.11. The first-order valence-electron chi connectivity index (χ1n) is 4.13. The first-order chi connectivity index (χ1) is 5.04. The van der Waals surface area contributed by atoms with Crippen LogP contribution >= 0.6 is 0 Å². The third kappa shape index (κ3) is 1.57. The maximum atomic E-state index is 9.48. The third-order valence-electron chi connectivity index (χ3n) is 2.82. The molecule has 1 N–H and O–H groups in total. The van der Waals surface area contributed by atoms with Crippen LogP contribution < -0.4 is 0 Å². The fraction of sp³-hybridized carbons (Fsp3) is 0.889. The van der Waals surface area contributed by atoms with Gasteiger partial charge in [0.15, 0.2) is 0 Å². The molecule has 1 saturated heterocycles. The van der Waals surface area contributed by atoms with Crippen molar-refractivity contribution in [1.82, 2.24) is 0 Å². The molecule has 1 heterocycles. The van der Waals surface area contributed by atoms with Crippen molar-refractivity contribution in [3.05, 3.63) is 6.92 Å². The summed E-state index contributed by atoms with van der Waals surface area (Å²) in [6.45, 7) is 11.6. The van der Waals surface area contributed by atoms with Crippen LogP contribution in [-0.4, -0.2) is 23.4 Å². The van der Waals surface area contributed by atoms with Crippen molar-refractivity contribution in [1.29, 1.82) is 0 Å². The Morgan fingerprint density at radius 3 is 2.27 bits per heavy atom. The summed E-state index contributed by atoms with van der Waals surface area (Å²) < 4.78 is 5.31. The summed E-state index contributed by atoms with van der Waals surface area (Å²) in [4.78, 5) is 0. The van der Waals surface area contributed by atoms with Crippen molar-refractivity contribution in [3.8, 4) is 0 Å². The van der Waals surface area contributed by atoms with E-state index in [2.05, 4.69) is 6.92 Å². The fourth-order valence-corrected chi connectivity index (χ4v) is 1.49. The Morgan fingerprint density at radius 1 is 1.18 bits per heavy atom. The Hall–Kier alpha value is -0.0800. The largest absolute Gasteiger partial charge is 0.390 e. The van der Waals surface area contributed by atoms with Crippen molar-refractivity contribution in [2.24, 2.45) is 11.8 Å². The lowest BCUT2D eigenvalue weighted by atomic mass is 9.82. The maximum absolute atomic E-state index is 9.48. The molecule has 0 spiro atoms. The number of aliphatic hydroxyl groups excluding tert-OH is 1. The second-order valence-electron chi connectivity index (χ2n) is 3.51. The van der Waals surface area contributed by atoms with E-state index in [1.165, 1.54) is 0 Å². The molecule has 0 aliphatic carbocycles. The predicted octanol–water partition coefficient (Wildman–Crippen LogP) is 1.12.